The van der Waals surface area contributed by atoms with E-state index in [-0.39, 0.29) is 11.9 Å². The maximum atomic E-state index is 12.6. The molecule has 1 amide bonds. The van der Waals surface area contributed by atoms with E-state index in [0.717, 1.165) is 18.9 Å². The van der Waals surface area contributed by atoms with Crippen LogP contribution in [0.1, 0.15) is 24.2 Å². The fourth-order valence-corrected chi connectivity index (χ4v) is 2.63. The van der Waals surface area contributed by atoms with Crippen LogP contribution in [0.4, 0.5) is 11.8 Å². The first-order chi connectivity index (χ1) is 11.6. The Bertz CT molecular complexity index is 665. The fraction of sp³-hybridized carbons (Fsp3) is 0.412. The van der Waals surface area contributed by atoms with Gasteiger partial charge in [0.05, 0.1) is 5.56 Å². The third-order valence-electron chi connectivity index (χ3n) is 3.86. The molecule has 0 aliphatic carbocycles. The standard InChI is InChI=1S/C17H22N6O/c1-13(2)21-17-19-11-14(12-20-17)16(24)23-9-7-22(8-10-23)15-5-3-4-6-18-15/h3-6,11-13H,7-10H2,1-2H3,(H,19,20,21). The van der Waals surface area contributed by atoms with Crippen molar-refractivity contribution in [2.75, 3.05) is 36.4 Å². The number of nitrogens with zero attached hydrogens (tertiary/aromatic N) is 5. The topological polar surface area (TPSA) is 74.2 Å². The normalized spacial score (nSPS) is 14.8. The zero-order valence-electron chi connectivity index (χ0n) is 14.0. The highest BCUT2D eigenvalue weighted by Crippen LogP contribution is 2.14. The molecule has 0 radical (unpaired) electrons. The van der Waals surface area contributed by atoms with Crippen LogP contribution >= 0.6 is 0 Å². The summed E-state index contributed by atoms with van der Waals surface area (Å²) in [5.41, 5.74) is 0.524. The van der Waals surface area contributed by atoms with Crippen molar-refractivity contribution in [2.24, 2.45) is 0 Å². The van der Waals surface area contributed by atoms with Gasteiger partial charge in [-0.3, -0.25) is 4.79 Å². The zero-order chi connectivity index (χ0) is 16.9. The van der Waals surface area contributed by atoms with Crippen LogP contribution in [-0.2, 0) is 0 Å². The van der Waals surface area contributed by atoms with Gasteiger partial charge in [0, 0.05) is 50.8 Å². The molecule has 1 aliphatic heterocycles. The summed E-state index contributed by atoms with van der Waals surface area (Å²) in [5.74, 6) is 1.48. The van der Waals surface area contributed by atoms with E-state index in [2.05, 4.69) is 25.2 Å². The van der Waals surface area contributed by atoms with E-state index in [9.17, 15) is 4.79 Å². The third-order valence-corrected chi connectivity index (χ3v) is 3.86. The summed E-state index contributed by atoms with van der Waals surface area (Å²) in [5, 5.41) is 3.11. The number of carbonyl (C=O) groups excluding carboxylic acids is 1. The Morgan fingerprint density at radius 2 is 1.79 bits per heavy atom. The predicted molar refractivity (Wildman–Crippen MR) is 93.1 cm³/mol. The number of carbonyl (C=O) groups is 1. The maximum Gasteiger partial charge on any atom is 0.257 e. The van der Waals surface area contributed by atoms with Crippen LogP contribution < -0.4 is 10.2 Å². The SMILES string of the molecule is CC(C)Nc1ncc(C(=O)N2CCN(c3ccccn3)CC2)cn1. The Balaban J connectivity index is 1.59. The van der Waals surface area contributed by atoms with Gasteiger partial charge in [-0.2, -0.15) is 0 Å². The molecule has 0 aromatic carbocycles. The minimum absolute atomic E-state index is 0.0215. The van der Waals surface area contributed by atoms with Crippen molar-refractivity contribution in [3.63, 3.8) is 0 Å². The minimum Gasteiger partial charge on any atom is -0.353 e. The summed E-state index contributed by atoms with van der Waals surface area (Å²) in [6.45, 7) is 6.92. The molecule has 1 fully saturated rings. The Hall–Kier alpha value is -2.70. The van der Waals surface area contributed by atoms with Gasteiger partial charge in [-0.1, -0.05) is 6.07 Å². The van der Waals surface area contributed by atoms with Crippen LogP contribution in [0.15, 0.2) is 36.8 Å². The summed E-state index contributed by atoms with van der Waals surface area (Å²) < 4.78 is 0. The van der Waals surface area contributed by atoms with Crippen molar-refractivity contribution in [3.05, 3.63) is 42.4 Å². The molecule has 2 aromatic heterocycles. The first-order valence-corrected chi connectivity index (χ1v) is 8.17. The van der Waals surface area contributed by atoms with Crippen LogP contribution in [0.3, 0.4) is 0 Å². The Morgan fingerprint density at radius 3 is 2.38 bits per heavy atom. The zero-order valence-corrected chi connectivity index (χ0v) is 14.0. The molecule has 7 heteroatoms. The number of aromatic nitrogens is 3. The second-order valence-electron chi connectivity index (χ2n) is 6.06. The third kappa shape index (κ3) is 3.79. The number of amides is 1. The van der Waals surface area contributed by atoms with E-state index in [4.69, 9.17) is 0 Å². The van der Waals surface area contributed by atoms with E-state index in [1.807, 2.05) is 36.9 Å². The van der Waals surface area contributed by atoms with Gasteiger partial charge in [0.1, 0.15) is 5.82 Å². The lowest BCUT2D eigenvalue weighted by Crippen LogP contribution is -2.49. The van der Waals surface area contributed by atoms with Crippen molar-refractivity contribution in [3.8, 4) is 0 Å². The average Bonchev–Trinajstić information content (AvgIpc) is 2.62. The summed E-state index contributed by atoms with van der Waals surface area (Å²) in [4.78, 5) is 29.4. The Labute approximate surface area is 141 Å². The smallest absolute Gasteiger partial charge is 0.257 e. The van der Waals surface area contributed by atoms with Gasteiger partial charge in [0.15, 0.2) is 0 Å². The van der Waals surface area contributed by atoms with Crippen LogP contribution in [0, 0.1) is 0 Å². The highest BCUT2D eigenvalue weighted by Gasteiger charge is 2.23. The molecule has 7 nitrogen and oxygen atoms in total. The van der Waals surface area contributed by atoms with Crippen molar-refractivity contribution in [1.29, 1.82) is 0 Å². The molecule has 1 saturated heterocycles. The first kappa shape index (κ1) is 16.2. The molecule has 0 spiro atoms. The molecular weight excluding hydrogens is 304 g/mol. The molecule has 1 N–H and O–H groups in total. The van der Waals surface area contributed by atoms with Gasteiger partial charge in [0.2, 0.25) is 5.95 Å². The lowest BCUT2D eigenvalue weighted by Gasteiger charge is -2.35. The molecule has 2 aromatic rings. The molecule has 1 aliphatic rings. The van der Waals surface area contributed by atoms with Gasteiger partial charge in [-0.05, 0) is 26.0 Å². The number of anilines is 2. The number of nitrogens with one attached hydrogen (secondary N) is 1. The first-order valence-electron chi connectivity index (χ1n) is 8.17. The van der Waals surface area contributed by atoms with Crippen LogP contribution in [-0.4, -0.2) is 58.0 Å². The van der Waals surface area contributed by atoms with Gasteiger partial charge < -0.3 is 15.1 Å². The van der Waals surface area contributed by atoms with Crippen molar-refractivity contribution in [2.45, 2.75) is 19.9 Å². The highest BCUT2D eigenvalue weighted by atomic mass is 16.2. The molecule has 24 heavy (non-hydrogen) atoms. The lowest BCUT2D eigenvalue weighted by molar-refractivity contribution is 0.0745. The van der Waals surface area contributed by atoms with E-state index >= 15 is 0 Å². The van der Waals surface area contributed by atoms with Crippen molar-refractivity contribution in [1.82, 2.24) is 19.9 Å². The van der Waals surface area contributed by atoms with Crippen LogP contribution in [0.25, 0.3) is 0 Å². The van der Waals surface area contributed by atoms with Gasteiger partial charge in [-0.15, -0.1) is 0 Å². The Kier molecular flexibility index (Phi) is 4.88. The van der Waals surface area contributed by atoms with E-state index in [0.29, 0.717) is 24.6 Å². The van der Waals surface area contributed by atoms with Gasteiger partial charge >= 0.3 is 0 Å². The number of piperazine rings is 1. The predicted octanol–water partition coefficient (Wildman–Crippen LogP) is 1.65. The number of rotatable bonds is 4. The Morgan fingerprint density at radius 1 is 1.08 bits per heavy atom. The maximum absolute atomic E-state index is 12.6. The molecular formula is C17H22N6O. The molecule has 0 bridgehead atoms. The summed E-state index contributed by atoms with van der Waals surface area (Å²) in [6, 6.07) is 6.13. The largest absolute Gasteiger partial charge is 0.353 e. The van der Waals surface area contributed by atoms with Crippen molar-refractivity contribution < 1.29 is 4.79 Å². The van der Waals surface area contributed by atoms with Gasteiger partial charge in [-0.25, -0.2) is 15.0 Å². The molecule has 0 saturated carbocycles. The molecule has 0 unspecified atom stereocenters. The number of hydrogen-bond donors (Lipinski definition) is 1. The fourth-order valence-electron chi connectivity index (χ4n) is 2.63. The van der Waals surface area contributed by atoms with E-state index in [1.54, 1.807) is 18.6 Å². The second kappa shape index (κ2) is 7.25. The molecule has 126 valence electrons. The molecule has 3 heterocycles. The number of hydrogen-bond acceptors (Lipinski definition) is 6. The average molecular weight is 326 g/mol. The van der Waals surface area contributed by atoms with Gasteiger partial charge in [0.25, 0.3) is 5.91 Å². The highest BCUT2D eigenvalue weighted by molar-refractivity contribution is 5.93. The summed E-state index contributed by atoms with van der Waals surface area (Å²) in [6.07, 6.45) is 4.97. The second-order valence-corrected chi connectivity index (χ2v) is 6.06. The van der Waals surface area contributed by atoms with Crippen LogP contribution in [0.5, 0.6) is 0 Å². The molecule has 3 rings (SSSR count). The van der Waals surface area contributed by atoms with Crippen molar-refractivity contribution >= 4 is 17.7 Å². The summed E-state index contributed by atoms with van der Waals surface area (Å²) in [7, 11) is 0. The van der Waals surface area contributed by atoms with Crippen LogP contribution in [0.2, 0.25) is 0 Å². The molecule has 0 atom stereocenters. The lowest BCUT2D eigenvalue weighted by atomic mass is 10.2. The monoisotopic (exact) mass is 326 g/mol. The van der Waals surface area contributed by atoms with E-state index < -0.39 is 0 Å². The van der Waals surface area contributed by atoms with E-state index in [1.165, 1.54) is 0 Å². The number of pyridine rings is 1. The summed E-state index contributed by atoms with van der Waals surface area (Å²) >= 11 is 0. The quantitative estimate of drug-likeness (QED) is 0.921. The minimum atomic E-state index is -0.0215.